The molecular formula is C21H18N3O+. The monoisotopic (exact) mass is 328 g/mol. The zero-order valence-electron chi connectivity index (χ0n) is 14.4. The number of rotatable bonds is 1. The molecule has 4 nitrogen and oxygen atoms in total. The maximum atomic E-state index is 6.27. The van der Waals surface area contributed by atoms with Crippen molar-refractivity contribution in [1.82, 2.24) is 9.55 Å². The second kappa shape index (κ2) is 4.93. The van der Waals surface area contributed by atoms with Crippen LogP contribution in [0.15, 0.2) is 59.3 Å². The molecule has 0 fully saturated rings. The molecule has 0 aliphatic carbocycles. The van der Waals surface area contributed by atoms with E-state index in [9.17, 15) is 0 Å². The number of fused-ring (bicyclic) bond motifs is 4. The minimum absolute atomic E-state index is 0.692. The molecule has 3 heterocycles. The number of hydrogen-bond donors (Lipinski definition) is 0. The highest BCUT2D eigenvalue weighted by Gasteiger charge is 2.23. The van der Waals surface area contributed by atoms with Crippen LogP contribution in [0.3, 0.4) is 0 Å². The summed E-state index contributed by atoms with van der Waals surface area (Å²) in [5.74, 6) is 1.12. The van der Waals surface area contributed by atoms with Gasteiger partial charge in [0.05, 0.1) is 19.6 Å². The number of hydrogen-bond acceptors (Lipinski definition) is 2. The van der Waals surface area contributed by atoms with Crippen LogP contribution in [-0.4, -0.2) is 9.55 Å². The van der Waals surface area contributed by atoms with E-state index in [1.807, 2.05) is 18.2 Å². The van der Waals surface area contributed by atoms with Crippen molar-refractivity contribution in [2.24, 2.45) is 14.1 Å². The minimum atomic E-state index is 0.692. The zero-order chi connectivity index (χ0) is 17.1. The molecule has 0 aliphatic heterocycles. The standard InChI is InChI=1S/C21H18N3O/c1-13-8-9-15-16-12-14-6-4-5-7-17(14)22-20(16)25-19(15)18(13)21-23(2)10-11-24(21)3/h4-12H,1-3H3/q+1. The minimum Gasteiger partial charge on any atom is -0.437 e. The number of furan rings is 1. The summed E-state index contributed by atoms with van der Waals surface area (Å²) in [4.78, 5) is 4.73. The number of para-hydroxylation sites is 1. The van der Waals surface area contributed by atoms with Gasteiger partial charge in [0.25, 0.3) is 5.82 Å². The Balaban J connectivity index is 1.96. The molecule has 4 heteroatoms. The number of aromatic nitrogens is 3. The molecule has 2 aromatic carbocycles. The fourth-order valence-corrected chi connectivity index (χ4v) is 3.69. The number of aryl methyl sites for hydroxylation is 3. The summed E-state index contributed by atoms with van der Waals surface area (Å²) < 4.78 is 10.5. The molecule has 0 atom stereocenters. The molecule has 25 heavy (non-hydrogen) atoms. The van der Waals surface area contributed by atoms with Crippen LogP contribution in [0.4, 0.5) is 0 Å². The summed E-state index contributed by atoms with van der Waals surface area (Å²) in [6.45, 7) is 2.12. The third-order valence-corrected chi connectivity index (χ3v) is 4.95. The number of benzene rings is 2. The normalized spacial score (nSPS) is 11.8. The molecule has 0 unspecified atom stereocenters. The van der Waals surface area contributed by atoms with E-state index in [0.717, 1.165) is 38.6 Å². The highest BCUT2D eigenvalue weighted by molar-refractivity contribution is 6.11. The van der Waals surface area contributed by atoms with Gasteiger partial charge in [0.2, 0.25) is 5.71 Å². The first-order chi connectivity index (χ1) is 12.1. The van der Waals surface area contributed by atoms with Crippen LogP contribution in [-0.2, 0) is 14.1 Å². The Morgan fingerprint density at radius 1 is 1.08 bits per heavy atom. The molecule has 122 valence electrons. The van der Waals surface area contributed by atoms with Crippen molar-refractivity contribution in [2.75, 3.05) is 0 Å². The van der Waals surface area contributed by atoms with Gasteiger partial charge in [-0.3, -0.25) is 0 Å². The average Bonchev–Trinajstić information content (AvgIpc) is 3.13. The summed E-state index contributed by atoms with van der Waals surface area (Å²) in [5, 5.41) is 3.30. The Labute approximate surface area is 144 Å². The average molecular weight is 328 g/mol. The largest absolute Gasteiger partial charge is 0.437 e. The predicted molar refractivity (Wildman–Crippen MR) is 99.3 cm³/mol. The lowest BCUT2D eigenvalue weighted by Gasteiger charge is -2.04. The zero-order valence-corrected chi connectivity index (χ0v) is 14.4. The van der Waals surface area contributed by atoms with Gasteiger partial charge in [0.1, 0.15) is 18.0 Å². The van der Waals surface area contributed by atoms with E-state index in [1.165, 1.54) is 5.56 Å². The van der Waals surface area contributed by atoms with Gasteiger partial charge in [-0.25, -0.2) is 14.1 Å². The van der Waals surface area contributed by atoms with Gasteiger partial charge in [0, 0.05) is 16.2 Å². The second-order valence-corrected chi connectivity index (χ2v) is 6.61. The number of nitrogens with zero attached hydrogens (tertiary/aromatic N) is 3. The summed E-state index contributed by atoms with van der Waals surface area (Å²) in [5.41, 5.74) is 4.85. The fraction of sp³-hybridized carbons (Fsp3) is 0.143. The summed E-state index contributed by atoms with van der Waals surface area (Å²) in [7, 11) is 4.12. The van der Waals surface area contributed by atoms with Crippen molar-refractivity contribution in [1.29, 1.82) is 0 Å². The maximum Gasteiger partial charge on any atom is 0.292 e. The Morgan fingerprint density at radius 3 is 2.72 bits per heavy atom. The molecule has 0 bridgehead atoms. The molecule has 0 aliphatic rings. The van der Waals surface area contributed by atoms with Crippen molar-refractivity contribution in [3.63, 3.8) is 0 Å². The van der Waals surface area contributed by atoms with E-state index in [0.29, 0.717) is 5.71 Å². The van der Waals surface area contributed by atoms with E-state index < -0.39 is 0 Å². The van der Waals surface area contributed by atoms with Crippen LogP contribution >= 0.6 is 0 Å². The molecular weight excluding hydrogens is 310 g/mol. The van der Waals surface area contributed by atoms with Crippen molar-refractivity contribution in [2.45, 2.75) is 6.92 Å². The molecule has 0 radical (unpaired) electrons. The van der Waals surface area contributed by atoms with Crippen LogP contribution in [0, 0.1) is 6.92 Å². The quantitative estimate of drug-likeness (QED) is 0.431. The Morgan fingerprint density at radius 2 is 1.92 bits per heavy atom. The first-order valence-electron chi connectivity index (χ1n) is 8.36. The molecule has 3 aromatic heterocycles. The van der Waals surface area contributed by atoms with Crippen LogP contribution in [0.1, 0.15) is 5.56 Å². The van der Waals surface area contributed by atoms with Crippen LogP contribution in [0.2, 0.25) is 0 Å². The Hall–Kier alpha value is -3.14. The lowest BCUT2D eigenvalue weighted by molar-refractivity contribution is -0.659. The van der Waals surface area contributed by atoms with Gasteiger partial charge < -0.3 is 4.42 Å². The molecule has 0 saturated heterocycles. The van der Waals surface area contributed by atoms with Gasteiger partial charge >= 0.3 is 0 Å². The summed E-state index contributed by atoms with van der Waals surface area (Å²) >= 11 is 0. The molecule has 0 N–H and O–H groups in total. The SMILES string of the molecule is Cc1ccc2c(oc3nc4ccccc4cc32)c1-c1n(C)cc[n+]1C. The number of imidazole rings is 1. The van der Waals surface area contributed by atoms with Crippen LogP contribution < -0.4 is 4.57 Å². The van der Waals surface area contributed by atoms with Gasteiger partial charge in [-0.15, -0.1) is 0 Å². The van der Waals surface area contributed by atoms with Crippen molar-refractivity contribution in [3.8, 4) is 11.4 Å². The van der Waals surface area contributed by atoms with Gasteiger partial charge in [0.15, 0.2) is 5.58 Å². The lowest BCUT2D eigenvalue weighted by atomic mass is 10.0. The third kappa shape index (κ3) is 1.94. The smallest absolute Gasteiger partial charge is 0.292 e. The summed E-state index contributed by atoms with van der Waals surface area (Å²) in [6, 6.07) is 14.6. The van der Waals surface area contributed by atoms with Gasteiger partial charge in [-0.2, -0.15) is 0 Å². The fourth-order valence-electron chi connectivity index (χ4n) is 3.69. The van der Waals surface area contributed by atoms with Crippen molar-refractivity contribution >= 4 is 33.0 Å². The van der Waals surface area contributed by atoms with Crippen molar-refractivity contribution in [3.05, 3.63) is 60.4 Å². The molecule has 5 aromatic rings. The first kappa shape index (κ1) is 14.2. The molecule has 5 rings (SSSR count). The molecule has 0 amide bonds. The topological polar surface area (TPSA) is 34.8 Å². The highest BCUT2D eigenvalue weighted by atomic mass is 16.3. The van der Waals surface area contributed by atoms with Gasteiger partial charge in [-0.05, 0) is 24.6 Å². The Kier molecular flexibility index (Phi) is 2.80. The van der Waals surface area contributed by atoms with E-state index in [-0.39, 0.29) is 0 Å². The van der Waals surface area contributed by atoms with Crippen LogP contribution in [0.25, 0.3) is 44.4 Å². The second-order valence-electron chi connectivity index (χ2n) is 6.61. The lowest BCUT2D eigenvalue weighted by Crippen LogP contribution is -2.29. The third-order valence-electron chi connectivity index (χ3n) is 4.95. The van der Waals surface area contributed by atoms with Crippen molar-refractivity contribution < 1.29 is 8.98 Å². The maximum absolute atomic E-state index is 6.27. The summed E-state index contributed by atoms with van der Waals surface area (Å²) in [6.07, 6.45) is 4.12. The Bertz CT molecular complexity index is 1260. The van der Waals surface area contributed by atoms with Crippen LogP contribution in [0.5, 0.6) is 0 Å². The number of pyridine rings is 1. The molecule has 0 saturated carbocycles. The first-order valence-corrected chi connectivity index (χ1v) is 8.36. The highest BCUT2D eigenvalue weighted by Crippen LogP contribution is 2.37. The molecule has 0 spiro atoms. The van der Waals surface area contributed by atoms with Gasteiger partial charge in [-0.1, -0.05) is 30.3 Å². The van der Waals surface area contributed by atoms with E-state index in [1.54, 1.807) is 0 Å². The van der Waals surface area contributed by atoms with E-state index in [2.05, 4.69) is 66.8 Å². The van der Waals surface area contributed by atoms with E-state index in [4.69, 9.17) is 9.40 Å². The van der Waals surface area contributed by atoms with E-state index >= 15 is 0 Å². The predicted octanol–water partition coefficient (Wildman–Crippen LogP) is 4.27.